The molecule has 4 rings (SSSR count). The monoisotopic (exact) mass is 440 g/mol. The Balaban J connectivity index is 1.45. The van der Waals surface area contributed by atoms with Gasteiger partial charge in [-0.05, 0) is 36.8 Å². The first-order chi connectivity index (χ1) is 13.7. The number of imidazole rings is 1. The van der Waals surface area contributed by atoms with Gasteiger partial charge in [-0.1, -0.05) is 11.6 Å². The molecule has 1 aromatic carbocycles. The van der Waals surface area contributed by atoms with Crippen LogP contribution in [0, 0.1) is 18.6 Å². The lowest BCUT2D eigenvalue weighted by Gasteiger charge is -2.33. The molecule has 0 unspecified atom stereocenters. The van der Waals surface area contributed by atoms with Crippen LogP contribution in [0.5, 0.6) is 0 Å². The molecule has 0 aliphatic carbocycles. The highest BCUT2D eigenvalue weighted by Crippen LogP contribution is 2.24. The summed E-state index contributed by atoms with van der Waals surface area (Å²) in [7, 11) is -4.10. The maximum Gasteiger partial charge on any atom is 0.246 e. The van der Waals surface area contributed by atoms with E-state index in [9.17, 15) is 17.2 Å². The third-order valence-electron chi connectivity index (χ3n) is 5.01. The van der Waals surface area contributed by atoms with E-state index in [0.717, 1.165) is 23.5 Å². The summed E-state index contributed by atoms with van der Waals surface area (Å²) in [5, 5.41) is 0.611. The Morgan fingerprint density at radius 3 is 2.52 bits per heavy atom. The van der Waals surface area contributed by atoms with Crippen LogP contribution in [0.25, 0.3) is 5.65 Å². The summed E-state index contributed by atoms with van der Waals surface area (Å²) < 4.78 is 56.5. The van der Waals surface area contributed by atoms with Crippen LogP contribution >= 0.6 is 11.6 Å². The van der Waals surface area contributed by atoms with Crippen LogP contribution in [0.4, 0.5) is 8.78 Å². The Morgan fingerprint density at radius 1 is 1.07 bits per heavy atom. The van der Waals surface area contributed by atoms with Crippen molar-refractivity contribution in [3.8, 4) is 0 Å². The number of benzene rings is 1. The van der Waals surface area contributed by atoms with Gasteiger partial charge in [0.15, 0.2) is 0 Å². The molecule has 3 heterocycles. The third kappa shape index (κ3) is 4.00. The van der Waals surface area contributed by atoms with Crippen molar-refractivity contribution in [3.05, 3.63) is 64.6 Å². The molecule has 0 atom stereocenters. The topological polar surface area (TPSA) is 57.9 Å². The summed E-state index contributed by atoms with van der Waals surface area (Å²) in [6, 6.07) is 5.26. The van der Waals surface area contributed by atoms with Gasteiger partial charge < -0.3 is 4.40 Å². The molecule has 0 N–H and O–H groups in total. The van der Waals surface area contributed by atoms with Crippen molar-refractivity contribution in [2.75, 3.05) is 26.2 Å². The lowest BCUT2D eigenvalue weighted by Crippen LogP contribution is -2.48. The average Bonchev–Trinajstić information content (AvgIpc) is 3.06. The number of nitrogens with zero attached hydrogens (tertiary/aromatic N) is 4. The number of pyridine rings is 1. The van der Waals surface area contributed by atoms with E-state index < -0.39 is 26.6 Å². The number of rotatable bonds is 4. The second kappa shape index (κ2) is 7.64. The first kappa shape index (κ1) is 20.2. The summed E-state index contributed by atoms with van der Waals surface area (Å²) in [4.78, 5) is 5.98. The first-order valence-corrected chi connectivity index (χ1v) is 10.9. The highest BCUT2D eigenvalue weighted by Gasteiger charge is 2.31. The number of aryl methyl sites for hydroxylation is 1. The molecule has 1 saturated heterocycles. The van der Waals surface area contributed by atoms with Crippen molar-refractivity contribution in [2.45, 2.75) is 18.4 Å². The van der Waals surface area contributed by atoms with Gasteiger partial charge in [-0.3, -0.25) is 4.90 Å². The van der Waals surface area contributed by atoms with Crippen LogP contribution in [-0.4, -0.2) is 53.2 Å². The Labute approximate surface area is 172 Å². The second-order valence-electron chi connectivity index (χ2n) is 7.06. The first-order valence-electron chi connectivity index (χ1n) is 9.05. The van der Waals surface area contributed by atoms with Crippen molar-refractivity contribution in [1.82, 2.24) is 18.6 Å². The fourth-order valence-electron chi connectivity index (χ4n) is 3.42. The van der Waals surface area contributed by atoms with Crippen LogP contribution < -0.4 is 0 Å². The molecule has 1 aliphatic heterocycles. The molecule has 2 aromatic heterocycles. The Hall–Kier alpha value is -2.07. The molecule has 6 nitrogen and oxygen atoms in total. The van der Waals surface area contributed by atoms with Crippen molar-refractivity contribution < 1.29 is 17.2 Å². The molecule has 1 aliphatic rings. The van der Waals surface area contributed by atoms with Crippen LogP contribution in [0.15, 0.2) is 41.6 Å². The maximum absolute atomic E-state index is 14.2. The molecule has 0 amide bonds. The lowest BCUT2D eigenvalue weighted by atomic mass is 10.2. The van der Waals surface area contributed by atoms with Gasteiger partial charge in [-0.2, -0.15) is 4.31 Å². The number of aromatic nitrogens is 2. The number of hydrogen-bond acceptors (Lipinski definition) is 4. The number of halogens is 3. The van der Waals surface area contributed by atoms with Gasteiger partial charge in [0.25, 0.3) is 0 Å². The van der Waals surface area contributed by atoms with Crippen LogP contribution in [0.1, 0.15) is 11.3 Å². The smallest absolute Gasteiger partial charge is 0.246 e. The Bertz CT molecular complexity index is 1170. The van der Waals surface area contributed by atoms with E-state index in [2.05, 4.69) is 9.88 Å². The van der Waals surface area contributed by atoms with E-state index in [1.165, 1.54) is 11.2 Å². The van der Waals surface area contributed by atoms with Crippen molar-refractivity contribution in [1.29, 1.82) is 0 Å². The van der Waals surface area contributed by atoms with E-state index in [1.807, 2.05) is 16.7 Å². The summed E-state index contributed by atoms with van der Waals surface area (Å²) in [6.45, 7) is 3.25. The Kier molecular flexibility index (Phi) is 5.32. The number of piperazine rings is 1. The number of sulfonamides is 1. The largest absolute Gasteiger partial charge is 0.305 e. The molecular weight excluding hydrogens is 422 g/mol. The highest BCUT2D eigenvalue weighted by atomic mass is 35.5. The normalized spacial score (nSPS) is 16.6. The van der Waals surface area contributed by atoms with E-state index in [4.69, 9.17) is 11.6 Å². The maximum atomic E-state index is 14.2. The van der Waals surface area contributed by atoms with E-state index in [0.29, 0.717) is 24.7 Å². The highest BCUT2D eigenvalue weighted by molar-refractivity contribution is 7.89. The van der Waals surface area contributed by atoms with Gasteiger partial charge in [0, 0.05) is 45.1 Å². The average molecular weight is 441 g/mol. The zero-order valence-corrected chi connectivity index (χ0v) is 17.2. The fraction of sp³-hybridized carbons (Fsp3) is 0.316. The quantitative estimate of drug-likeness (QED) is 0.625. The van der Waals surface area contributed by atoms with Gasteiger partial charge in [0.05, 0.1) is 10.7 Å². The zero-order valence-electron chi connectivity index (χ0n) is 15.6. The van der Waals surface area contributed by atoms with Crippen molar-refractivity contribution in [2.24, 2.45) is 0 Å². The molecule has 1 fully saturated rings. The summed E-state index contributed by atoms with van der Waals surface area (Å²) in [5.41, 5.74) is 1.69. The predicted octanol–water partition coefficient (Wildman–Crippen LogP) is 3.08. The predicted molar refractivity (Wildman–Crippen MR) is 105 cm³/mol. The molecule has 0 bridgehead atoms. The minimum atomic E-state index is -4.10. The third-order valence-corrected chi connectivity index (χ3v) is 7.15. The van der Waals surface area contributed by atoms with E-state index >= 15 is 0 Å². The molecule has 3 aromatic rings. The standard InChI is InChI=1S/C19H19ClF2N4O2S/c1-13-8-17(22)18(9-16(13)21)29(27,28)26-6-4-24(5-7-26)11-15-12-25-10-14(20)2-3-19(25)23-15/h2-3,8-10,12H,4-7,11H2,1H3. The van der Waals surface area contributed by atoms with Gasteiger partial charge in [0.2, 0.25) is 10.0 Å². The minimum absolute atomic E-state index is 0.0695. The van der Waals surface area contributed by atoms with Crippen molar-refractivity contribution >= 4 is 27.3 Å². The molecule has 154 valence electrons. The van der Waals surface area contributed by atoms with Crippen LogP contribution in [-0.2, 0) is 16.6 Å². The zero-order chi connectivity index (χ0) is 20.8. The molecular formula is C19H19ClF2N4O2S. The molecule has 0 spiro atoms. The van der Waals surface area contributed by atoms with Crippen LogP contribution in [0.2, 0.25) is 5.02 Å². The second-order valence-corrected chi connectivity index (χ2v) is 9.40. The van der Waals surface area contributed by atoms with E-state index in [1.54, 1.807) is 12.3 Å². The summed E-state index contributed by atoms with van der Waals surface area (Å²) in [5.74, 6) is -1.68. The molecule has 0 saturated carbocycles. The molecule has 29 heavy (non-hydrogen) atoms. The van der Waals surface area contributed by atoms with E-state index in [-0.39, 0.29) is 18.7 Å². The SMILES string of the molecule is Cc1cc(F)c(S(=O)(=O)N2CCN(Cc3cn4cc(Cl)ccc4n3)CC2)cc1F. The van der Waals surface area contributed by atoms with Gasteiger partial charge in [0.1, 0.15) is 22.2 Å². The van der Waals surface area contributed by atoms with Crippen LogP contribution in [0.3, 0.4) is 0 Å². The molecule has 10 heteroatoms. The fourth-order valence-corrected chi connectivity index (χ4v) is 5.06. The lowest BCUT2D eigenvalue weighted by molar-refractivity contribution is 0.180. The molecule has 0 radical (unpaired) electrons. The number of fused-ring (bicyclic) bond motifs is 1. The van der Waals surface area contributed by atoms with Crippen molar-refractivity contribution in [3.63, 3.8) is 0 Å². The van der Waals surface area contributed by atoms with Gasteiger partial charge >= 0.3 is 0 Å². The van der Waals surface area contributed by atoms with Gasteiger partial charge in [-0.25, -0.2) is 22.2 Å². The Morgan fingerprint density at radius 2 is 1.79 bits per heavy atom. The number of hydrogen-bond donors (Lipinski definition) is 0. The summed E-state index contributed by atoms with van der Waals surface area (Å²) in [6.07, 6.45) is 3.65. The van der Waals surface area contributed by atoms with Gasteiger partial charge in [-0.15, -0.1) is 0 Å². The summed E-state index contributed by atoms with van der Waals surface area (Å²) >= 11 is 5.99. The minimum Gasteiger partial charge on any atom is -0.305 e.